The van der Waals surface area contributed by atoms with Crippen LogP contribution in [0.3, 0.4) is 0 Å². The average molecular weight is 269 g/mol. The van der Waals surface area contributed by atoms with E-state index in [1.165, 1.54) is 4.31 Å². The number of nitrogens with zero attached hydrogens (tertiary/aromatic N) is 1. The van der Waals surface area contributed by atoms with Crippen LogP contribution in [0.4, 0.5) is 0 Å². The zero-order chi connectivity index (χ0) is 12.6. The van der Waals surface area contributed by atoms with Crippen LogP contribution in [0.1, 0.15) is 5.56 Å². The molecule has 1 saturated heterocycles. The van der Waals surface area contributed by atoms with Crippen LogP contribution in [-0.2, 0) is 21.2 Å². The van der Waals surface area contributed by atoms with E-state index in [1.54, 1.807) is 18.2 Å². The lowest BCUT2D eigenvalue weighted by Gasteiger charge is -2.26. The Morgan fingerprint density at radius 3 is 2.67 bits per heavy atom. The first-order chi connectivity index (χ1) is 8.68. The minimum Gasteiger partial charge on any atom is -0.493 e. The lowest BCUT2D eigenvalue weighted by molar-refractivity contribution is 0.0730. The summed E-state index contributed by atoms with van der Waals surface area (Å²) in [6, 6.07) is 5.09. The molecule has 1 aromatic carbocycles. The number of hydrogen-bond acceptors (Lipinski definition) is 4. The molecule has 0 N–H and O–H groups in total. The van der Waals surface area contributed by atoms with Gasteiger partial charge in [0.05, 0.1) is 24.7 Å². The molecule has 1 fully saturated rings. The van der Waals surface area contributed by atoms with Crippen LogP contribution in [0.5, 0.6) is 5.75 Å². The van der Waals surface area contributed by atoms with E-state index >= 15 is 0 Å². The third-order valence-corrected chi connectivity index (χ3v) is 5.16. The normalized spacial score (nSPS) is 20.4. The zero-order valence-corrected chi connectivity index (χ0v) is 10.8. The molecule has 3 rings (SSSR count). The van der Waals surface area contributed by atoms with E-state index in [0.717, 1.165) is 17.7 Å². The van der Waals surface area contributed by atoms with E-state index in [0.29, 0.717) is 37.8 Å². The van der Waals surface area contributed by atoms with Crippen molar-refractivity contribution in [2.75, 3.05) is 32.9 Å². The van der Waals surface area contributed by atoms with Gasteiger partial charge in [-0.05, 0) is 23.8 Å². The Bertz CT molecular complexity index is 549. The quantitative estimate of drug-likeness (QED) is 0.790. The van der Waals surface area contributed by atoms with Gasteiger partial charge in [0.2, 0.25) is 10.0 Å². The van der Waals surface area contributed by atoms with Crippen LogP contribution in [0.15, 0.2) is 23.1 Å². The molecule has 2 aliphatic heterocycles. The largest absolute Gasteiger partial charge is 0.493 e. The molecule has 0 radical (unpaired) electrons. The van der Waals surface area contributed by atoms with Gasteiger partial charge in [0.25, 0.3) is 0 Å². The molecular formula is C12H15NO4S. The summed E-state index contributed by atoms with van der Waals surface area (Å²) in [5.41, 5.74) is 0.976. The second-order valence-electron chi connectivity index (χ2n) is 4.38. The summed E-state index contributed by atoms with van der Waals surface area (Å²) in [6.07, 6.45) is 0.780. The highest BCUT2D eigenvalue weighted by Crippen LogP contribution is 2.28. The van der Waals surface area contributed by atoms with E-state index < -0.39 is 10.0 Å². The maximum absolute atomic E-state index is 12.4. The Labute approximate surface area is 106 Å². The third kappa shape index (κ3) is 2.00. The van der Waals surface area contributed by atoms with Gasteiger partial charge in [-0.2, -0.15) is 4.31 Å². The van der Waals surface area contributed by atoms with Gasteiger partial charge < -0.3 is 9.47 Å². The van der Waals surface area contributed by atoms with Crippen molar-refractivity contribution in [1.82, 2.24) is 4.31 Å². The van der Waals surface area contributed by atoms with Gasteiger partial charge >= 0.3 is 0 Å². The minimum absolute atomic E-state index is 0.355. The maximum Gasteiger partial charge on any atom is 0.243 e. The van der Waals surface area contributed by atoms with Gasteiger partial charge in [0, 0.05) is 19.5 Å². The number of ether oxygens (including phenoxy) is 2. The Kier molecular flexibility index (Phi) is 3.01. The number of benzene rings is 1. The lowest BCUT2D eigenvalue weighted by atomic mass is 10.2. The van der Waals surface area contributed by atoms with E-state index in [9.17, 15) is 8.42 Å². The number of sulfonamides is 1. The van der Waals surface area contributed by atoms with Gasteiger partial charge in [0.1, 0.15) is 5.75 Å². The molecule has 98 valence electrons. The van der Waals surface area contributed by atoms with Crippen LogP contribution in [0, 0.1) is 0 Å². The maximum atomic E-state index is 12.4. The van der Waals surface area contributed by atoms with Crippen molar-refractivity contribution >= 4 is 10.0 Å². The Morgan fingerprint density at radius 1 is 1.11 bits per heavy atom. The molecule has 2 aliphatic rings. The topological polar surface area (TPSA) is 55.8 Å². The summed E-state index contributed by atoms with van der Waals surface area (Å²) in [6.45, 7) is 2.42. The molecule has 0 saturated carbocycles. The molecule has 0 unspecified atom stereocenters. The summed E-state index contributed by atoms with van der Waals surface area (Å²) >= 11 is 0. The Hall–Kier alpha value is -1.11. The van der Waals surface area contributed by atoms with E-state index in [4.69, 9.17) is 9.47 Å². The lowest BCUT2D eigenvalue weighted by Crippen LogP contribution is -2.40. The Balaban J connectivity index is 1.93. The highest BCUT2D eigenvalue weighted by Gasteiger charge is 2.27. The molecule has 18 heavy (non-hydrogen) atoms. The molecule has 0 aliphatic carbocycles. The van der Waals surface area contributed by atoms with Crippen molar-refractivity contribution in [3.05, 3.63) is 23.8 Å². The molecule has 0 amide bonds. The van der Waals surface area contributed by atoms with Crippen LogP contribution in [0.2, 0.25) is 0 Å². The highest BCUT2D eigenvalue weighted by atomic mass is 32.2. The van der Waals surface area contributed by atoms with Crippen LogP contribution >= 0.6 is 0 Å². The first kappa shape index (κ1) is 12.0. The molecular weight excluding hydrogens is 254 g/mol. The summed E-state index contributed by atoms with van der Waals surface area (Å²) in [4.78, 5) is 0.355. The SMILES string of the molecule is O=S(=O)(c1ccc2c(c1)CCO2)N1CCOCC1. The summed E-state index contributed by atoms with van der Waals surface area (Å²) < 4.78 is 36.9. The molecule has 0 bridgehead atoms. The van der Waals surface area contributed by atoms with Crippen molar-refractivity contribution in [3.8, 4) is 5.75 Å². The van der Waals surface area contributed by atoms with Crippen molar-refractivity contribution in [1.29, 1.82) is 0 Å². The van der Waals surface area contributed by atoms with E-state index in [2.05, 4.69) is 0 Å². The molecule has 2 heterocycles. The van der Waals surface area contributed by atoms with Gasteiger partial charge in [-0.3, -0.25) is 0 Å². The van der Waals surface area contributed by atoms with Gasteiger partial charge in [-0.15, -0.1) is 0 Å². The zero-order valence-electron chi connectivity index (χ0n) is 9.96. The molecule has 6 heteroatoms. The van der Waals surface area contributed by atoms with Crippen molar-refractivity contribution in [3.63, 3.8) is 0 Å². The second-order valence-corrected chi connectivity index (χ2v) is 6.32. The predicted octanol–water partition coefficient (Wildman–Crippen LogP) is 0.642. The smallest absolute Gasteiger partial charge is 0.243 e. The molecule has 0 spiro atoms. The van der Waals surface area contributed by atoms with Gasteiger partial charge in [-0.1, -0.05) is 0 Å². The fourth-order valence-corrected chi connectivity index (χ4v) is 3.72. The monoisotopic (exact) mass is 269 g/mol. The molecule has 0 aromatic heterocycles. The number of hydrogen-bond donors (Lipinski definition) is 0. The van der Waals surface area contributed by atoms with Crippen molar-refractivity contribution < 1.29 is 17.9 Å². The number of morpholine rings is 1. The standard InChI is InChI=1S/C12H15NO4S/c14-18(15,13-4-7-16-8-5-13)11-1-2-12-10(9-11)3-6-17-12/h1-2,9H,3-8H2. The summed E-state index contributed by atoms with van der Waals surface area (Å²) in [7, 11) is -3.39. The molecule has 5 nitrogen and oxygen atoms in total. The van der Waals surface area contributed by atoms with E-state index in [-0.39, 0.29) is 0 Å². The summed E-state index contributed by atoms with van der Waals surface area (Å²) in [5.74, 6) is 0.802. The van der Waals surface area contributed by atoms with Crippen molar-refractivity contribution in [2.45, 2.75) is 11.3 Å². The van der Waals surface area contributed by atoms with E-state index in [1.807, 2.05) is 0 Å². The fourth-order valence-electron chi connectivity index (χ4n) is 2.26. The number of fused-ring (bicyclic) bond motifs is 1. The third-order valence-electron chi connectivity index (χ3n) is 3.27. The minimum atomic E-state index is -3.39. The summed E-state index contributed by atoms with van der Waals surface area (Å²) in [5, 5.41) is 0. The average Bonchev–Trinajstić information content (AvgIpc) is 2.87. The first-order valence-corrected chi connectivity index (χ1v) is 7.45. The Morgan fingerprint density at radius 2 is 1.89 bits per heavy atom. The van der Waals surface area contributed by atoms with Crippen LogP contribution in [0.25, 0.3) is 0 Å². The molecule has 1 aromatic rings. The van der Waals surface area contributed by atoms with Crippen LogP contribution in [-0.4, -0.2) is 45.6 Å². The second kappa shape index (κ2) is 4.53. The predicted molar refractivity (Wildman–Crippen MR) is 65.2 cm³/mol. The van der Waals surface area contributed by atoms with Crippen LogP contribution < -0.4 is 4.74 Å². The van der Waals surface area contributed by atoms with Gasteiger partial charge in [-0.25, -0.2) is 8.42 Å². The number of rotatable bonds is 2. The van der Waals surface area contributed by atoms with Crippen molar-refractivity contribution in [2.24, 2.45) is 0 Å². The fraction of sp³-hybridized carbons (Fsp3) is 0.500. The highest BCUT2D eigenvalue weighted by molar-refractivity contribution is 7.89. The van der Waals surface area contributed by atoms with Gasteiger partial charge in [0.15, 0.2) is 0 Å². The first-order valence-electron chi connectivity index (χ1n) is 6.01. The molecule has 0 atom stereocenters.